The van der Waals surface area contributed by atoms with Gasteiger partial charge in [0.1, 0.15) is 16.3 Å². The van der Waals surface area contributed by atoms with Crippen LogP contribution in [-0.4, -0.2) is 25.1 Å². The zero-order chi connectivity index (χ0) is 26.5. The Morgan fingerprint density at radius 2 is 1.61 bits per heavy atom. The molecule has 0 saturated heterocycles. The molecule has 1 aromatic heterocycles. The summed E-state index contributed by atoms with van der Waals surface area (Å²) in [6.45, 7) is 13.0. The number of amides is 1. The van der Waals surface area contributed by atoms with Crippen LogP contribution in [0.25, 0.3) is 11.1 Å². The minimum absolute atomic E-state index is 0.0264. The summed E-state index contributed by atoms with van der Waals surface area (Å²) < 4.78 is 11.0. The summed E-state index contributed by atoms with van der Waals surface area (Å²) in [4.78, 5) is 25.4. The minimum atomic E-state index is -0.492. The number of thiophene rings is 1. The van der Waals surface area contributed by atoms with Crippen molar-refractivity contribution in [3.63, 3.8) is 0 Å². The van der Waals surface area contributed by atoms with Gasteiger partial charge in [-0.2, -0.15) is 0 Å². The van der Waals surface area contributed by atoms with Crippen molar-refractivity contribution in [2.45, 2.75) is 53.4 Å². The molecule has 3 rings (SSSR count). The lowest BCUT2D eigenvalue weighted by molar-refractivity contribution is -0.118. The highest BCUT2D eigenvalue weighted by molar-refractivity contribution is 7.15. The molecule has 3 aromatic rings. The first-order valence-corrected chi connectivity index (χ1v) is 13.2. The van der Waals surface area contributed by atoms with E-state index in [0.717, 1.165) is 12.0 Å². The van der Waals surface area contributed by atoms with Crippen LogP contribution < -0.4 is 10.1 Å². The van der Waals surface area contributed by atoms with Gasteiger partial charge in [0.2, 0.25) is 0 Å². The number of benzene rings is 2. The molecule has 0 unspecified atom stereocenters. The number of hydrogen-bond acceptors (Lipinski definition) is 5. The summed E-state index contributed by atoms with van der Waals surface area (Å²) in [5.41, 5.74) is 3.28. The Bertz CT molecular complexity index is 1190. The van der Waals surface area contributed by atoms with Crippen LogP contribution in [0.15, 0.2) is 53.9 Å². The Morgan fingerprint density at radius 1 is 0.972 bits per heavy atom. The van der Waals surface area contributed by atoms with Gasteiger partial charge in [-0.05, 0) is 59.6 Å². The van der Waals surface area contributed by atoms with Crippen LogP contribution in [0.1, 0.15) is 63.9 Å². The van der Waals surface area contributed by atoms with E-state index in [1.807, 2.05) is 29.6 Å². The number of anilines is 1. The normalized spacial score (nSPS) is 11.8. The molecule has 0 fully saturated rings. The second-order valence-corrected chi connectivity index (χ2v) is 11.9. The van der Waals surface area contributed by atoms with Crippen molar-refractivity contribution in [2.75, 3.05) is 18.5 Å². The van der Waals surface area contributed by atoms with Crippen LogP contribution in [0.5, 0.6) is 5.75 Å². The van der Waals surface area contributed by atoms with E-state index in [-0.39, 0.29) is 30.0 Å². The van der Waals surface area contributed by atoms with E-state index >= 15 is 0 Å². The van der Waals surface area contributed by atoms with Gasteiger partial charge >= 0.3 is 5.97 Å². The van der Waals surface area contributed by atoms with Crippen LogP contribution in [0.4, 0.5) is 5.00 Å². The Morgan fingerprint density at radius 3 is 2.19 bits per heavy atom. The average Bonchev–Trinajstić information content (AvgIpc) is 3.20. The lowest BCUT2D eigenvalue weighted by atomic mass is 9.72. The Balaban J connectivity index is 1.69. The number of halogens is 1. The topological polar surface area (TPSA) is 64.6 Å². The number of esters is 1. The number of rotatable bonds is 9. The molecule has 2 aromatic carbocycles. The molecule has 1 heterocycles. The van der Waals surface area contributed by atoms with E-state index in [1.54, 1.807) is 19.1 Å². The van der Waals surface area contributed by atoms with E-state index in [9.17, 15) is 9.59 Å². The predicted octanol–water partition coefficient (Wildman–Crippen LogP) is 7.98. The van der Waals surface area contributed by atoms with Gasteiger partial charge in [-0.3, -0.25) is 4.79 Å². The molecular weight excluding hydrogens is 494 g/mol. The first kappa shape index (κ1) is 27.8. The summed E-state index contributed by atoms with van der Waals surface area (Å²) in [5.74, 6) is -0.241. The number of hydrogen-bond donors (Lipinski definition) is 1. The van der Waals surface area contributed by atoms with Gasteiger partial charge in [-0.1, -0.05) is 70.5 Å². The van der Waals surface area contributed by atoms with Crippen molar-refractivity contribution < 1.29 is 19.1 Å². The Labute approximate surface area is 222 Å². The fraction of sp³-hybridized carbons (Fsp3) is 0.379. The molecule has 0 aliphatic heterocycles. The van der Waals surface area contributed by atoms with Crippen molar-refractivity contribution in [3.05, 3.63) is 70.1 Å². The van der Waals surface area contributed by atoms with Crippen molar-refractivity contribution >= 4 is 39.8 Å². The molecule has 0 aliphatic rings. The predicted molar refractivity (Wildman–Crippen MR) is 148 cm³/mol. The van der Waals surface area contributed by atoms with Crippen LogP contribution in [0.3, 0.4) is 0 Å². The maximum Gasteiger partial charge on any atom is 0.341 e. The van der Waals surface area contributed by atoms with Crippen molar-refractivity contribution in [2.24, 2.45) is 5.41 Å². The third-order valence-electron chi connectivity index (χ3n) is 5.66. The largest absolute Gasteiger partial charge is 0.484 e. The van der Waals surface area contributed by atoms with Gasteiger partial charge in [-0.25, -0.2) is 4.79 Å². The lowest BCUT2D eigenvalue weighted by Crippen LogP contribution is -2.24. The molecule has 192 valence electrons. The second kappa shape index (κ2) is 11.5. The Kier molecular flexibility index (Phi) is 8.85. The lowest BCUT2D eigenvalue weighted by Gasteiger charge is -2.33. The number of carbonyl (C=O) groups excluding carboxylic acids is 2. The maximum absolute atomic E-state index is 12.7. The zero-order valence-electron chi connectivity index (χ0n) is 21.7. The third kappa shape index (κ3) is 7.34. The van der Waals surface area contributed by atoms with Crippen LogP contribution in [0, 0.1) is 5.41 Å². The molecule has 0 spiro atoms. The Hall–Kier alpha value is -2.83. The molecule has 5 nitrogen and oxygen atoms in total. The summed E-state index contributed by atoms with van der Waals surface area (Å²) >= 11 is 7.27. The number of carbonyl (C=O) groups is 2. The average molecular weight is 528 g/mol. The van der Waals surface area contributed by atoms with Crippen molar-refractivity contribution in [3.8, 4) is 16.9 Å². The van der Waals surface area contributed by atoms with Gasteiger partial charge in [0.25, 0.3) is 5.91 Å². The van der Waals surface area contributed by atoms with E-state index in [2.05, 4.69) is 52.1 Å². The molecule has 7 heteroatoms. The monoisotopic (exact) mass is 527 g/mol. The van der Waals surface area contributed by atoms with E-state index in [0.29, 0.717) is 26.9 Å². The number of ether oxygens (including phenoxy) is 2. The summed E-state index contributed by atoms with van der Waals surface area (Å²) in [6, 6.07) is 15.0. The van der Waals surface area contributed by atoms with Crippen LogP contribution >= 0.6 is 22.9 Å². The van der Waals surface area contributed by atoms with Crippen molar-refractivity contribution in [1.82, 2.24) is 0 Å². The summed E-state index contributed by atoms with van der Waals surface area (Å²) in [6.07, 6.45) is 1.05. The van der Waals surface area contributed by atoms with Crippen LogP contribution in [-0.2, 0) is 14.9 Å². The molecule has 0 aliphatic carbocycles. The third-order valence-corrected chi connectivity index (χ3v) is 6.80. The quantitative estimate of drug-likeness (QED) is 0.286. The fourth-order valence-corrected chi connectivity index (χ4v) is 5.54. The standard InChI is InChI=1S/C29H34ClNO4S/c1-7-34-27(33)25-23(19-8-12-21(30)13-9-19)17-36-26(25)31-24(32)16-35-22-14-10-20(11-15-22)29(5,6)18-28(2,3)4/h8-15,17H,7,16,18H2,1-6H3,(H,31,32). The highest BCUT2D eigenvalue weighted by Gasteiger charge is 2.27. The fourth-order valence-electron chi connectivity index (χ4n) is 4.44. The van der Waals surface area contributed by atoms with Gasteiger partial charge < -0.3 is 14.8 Å². The molecule has 36 heavy (non-hydrogen) atoms. The molecule has 1 N–H and O–H groups in total. The minimum Gasteiger partial charge on any atom is -0.484 e. The molecule has 1 amide bonds. The highest BCUT2D eigenvalue weighted by atomic mass is 35.5. The summed E-state index contributed by atoms with van der Waals surface area (Å²) in [7, 11) is 0. The van der Waals surface area contributed by atoms with Gasteiger partial charge in [0, 0.05) is 16.0 Å². The number of nitrogens with one attached hydrogen (secondary N) is 1. The van der Waals surface area contributed by atoms with Gasteiger partial charge in [0.15, 0.2) is 6.61 Å². The first-order valence-electron chi connectivity index (χ1n) is 12.0. The molecule has 0 saturated carbocycles. The van der Waals surface area contributed by atoms with Gasteiger partial charge in [-0.15, -0.1) is 11.3 Å². The van der Waals surface area contributed by atoms with Crippen LogP contribution in [0.2, 0.25) is 5.02 Å². The van der Waals surface area contributed by atoms with E-state index in [4.69, 9.17) is 21.1 Å². The second-order valence-electron chi connectivity index (χ2n) is 10.6. The molecular formula is C29H34ClNO4S. The maximum atomic E-state index is 12.7. The van der Waals surface area contributed by atoms with Gasteiger partial charge in [0.05, 0.1) is 6.61 Å². The zero-order valence-corrected chi connectivity index (χ0v) is 23.3. The smallest absolute Gasteiger partial charge is 0.341 e. The van der Waals surface area contributed by atoms with E-state index in [1.165, 1.54) is 16.9 Å². The molecule has 0 radical (unpaired) electrons. The molecule has 0 atom stereocenters. The highest BCUT2D eigenvalue weighted by Crippen LogP contribution is 2.38. The van der Waals surface area contributed by atoms with Crippen molar-refractivity contribution in [1.29, 1.82) is 0 Å². The molecule has 0 bridgehead atoms. The van der Waals surface area contributed by atoms with E-state index < -0.39 is 5.97 Å². The summed E-state index contributed by atoms with van der Waals surface area (Å²) in [5, 5.41) is 5.66. The SMILES string of the molecule is CCOC(=O)c1c(-c2ccc(Cl)cc2)csc1NC(=O)COc1ccc(C(C)(C)CC(C)(C)C)cc1. The first-order chi connectivity index (χ1) is 16.9.